The highest BCUT2D eigenvalue weighted by atomic mass is 16.5. The summed E-state index contributed by atoms with van der Waals surface area (Å²) in [6.45, 7) is 1.84. The zero-order valence-electron chi connectivity index (χ0n) is 16.2. The third-order valence-electron chi connectivity index (χ3n) is 4.34. The minimum Gasteiger partial charge on any atom is -0.493 e. The highest BCUT2D eigenvalue weighted by Gasteiger charge is 2.17. The minimum absolute atomic E-state index is 0.137. The van der Waals surface area contributed by atoms with Crippen LogP contribution in [0.15, 0.2) is 24.3 Å². The summed E-state index contributed by atoms with van der Waals surface area (Å²) in [7, 11) is 3.06. The maximum Gasteiger partial charge on any atom is 0.321 e. The topological polar surface area (TPSA) is 98.7 Å². The number of ether oxygens (including phenoxy) is 3. The van der Waals surface area contributed by atoms with Crippen LogP contribution in [-0.4, -0.2) is 54.8 Å². The Morgan fingerprint density at radius 3 is 2.50 bits per heavy atom. The van der Waals surface area contributed by atoms with E-state index in [1.807, 2.05) is 12.1 Å². The van der Waals surface area contributed by atoms with Gasteiger partial charge in [-0.05, 0) is 31.4 Å². The van der Waals surface area contributed by atoms with Crippen LogP contribution in [0.4, 0.5) is 5.95 Å². The van der Waals surface area contributed by atoms with E-state index in [2.05, 4.69) is 25.2 Å². The lowest BCUT2D eigenvalue weighted by Crippen LogP contribution is -2.32. The molecule has 9 nitrogen and oxygen atoms in total. The standard InChI is InChI=1S/C19H25N5O4/c1-26-14-8-4-5-9-15(14)28-13-17(25)20-12-16-21-18(23-19(22-16)27-2)24-10-6-3-7-11-24/h4-5,8-9H,3,6-7,10-13H2,1-2H3,(H,20,25). The van der Waals surface area contributed by atoms with Crippen molar-refractivity contribution in [3.05, 3.63) is 30.1 Å². The molecule has 1 aromatic heterocycles. The van der Waals surface area contributed by atoms with Crippen LogP contribution in [0.3, 0.4) is 0 Å². The van der Waals surface area contributed by atoms with Crippen molar-refractivity contribution in [1.82, 2.24) is 20.3 Å². The zero-order valence-corrected chi connectivity index (χ0v) is 16.2. The molecule has 1 saturated heterocycles. The molecule has 0 aliphatic carbocycles. The second-order valence-corrected chi connectivity index (χ2v) is 6.30. The van der Waals surface area contributed by atoms with Crippen molar-refractivity contribution in [2.75, 3.05) is 38.8 Å². The van der Waals surface area contributed by atoms with Gasteiger partial charge in [0.05, 0.1) is 20.8 Å². The van der Waals surface area contributed by atoms with Crippen molar-refractivity contribution >= 4 is 11.9 Å². The van der Waals surface area contributed by atoms with Gasteiger partial charge in [0.25, 0.3) is 5.91 Å². The molecule has 0 saturated carbocycles. The molecule has 1 aromatic carbocycles. The molecule has 0 radical (unpaired) electrons. The van der Waals surface area contributed by atoms with Crippen molar-refractivity contribution < 1.29 is 19.0 Å². The number of hydrogen-bond donors (Lipinski definition) is 1. The number of methoxy groups -OCH3 is 2. The number of hydrogen-bond acceptors (Lipinski definition) is 8. The van der Waals surface area contributed by atoms with E-state index in [0.29, 0.717) is 23.3 Å². The Morgan fingerprint density at radius 2 is 1.79 bits per heavy atom. The van der Waals surface area contributed by atoms with Gasteiger partial charge in [0.15, 0.2) is 23.9 Å². The molecule has 0 spiro atoms. The summed E-state index contributed by atoms with van der Waals surface area (Å²) < 4.78 is 15.9. The first-order valence-corrected chi connectivity index (χ1v) is 9.26. The second-order valence-electron chi connectivity index (χ2n) is 6.30. The van der Waals surface area contributed by atoms with E-state index < -0.39 is 0 Å². The fourth-order valence-corrected chi connectivity index (χ4v) is 2.90. The van der Waals surface area contributed by atoms with Crippen LogP contribution in [0.25, 0.3) is 0 Å². The predicted octanol–water partition coefficient (Wildman–Crippen LogP) is 1.57. The summed E-state index contributed by atoms with van der Waals surface area (Å²) in [6, 6.07) is 7.40. The molecule has 0 bridgehead atoms. The normalized spacial score (nSPS) is 13.7. The number of carbonyl (C=O) groups is 1. The average molecular weight is 387 g/mol. The van der Waals surface area contributed by atoms with Crippen LogP contribution in [0.5, 0.6) is 17.5 Å². The Hall–Kier alpha value is -3.10. The average Bonchev–Trinajstić information content (AvgIpc) is 2.76. The minimum atomic E-state index is -0.287. The largest absolute Gasteiger partial charge is 0.493 e. The van der Waals surface area contributed by atoms with E-state index in [1.54, 1.807) is 19.2 Å². The first kappa shape index (κ1) is 19.7. The molecule has 150 valence electrons. The van der Waals surface area contributed by atoms with Crippen LogP contribution in [0.2, 0.25) is 0 Å². The molecular formula is C19H25N5O4. The second kappa shape index (κ2) is 9.72. The molecule has 0 atom stereocenters. The van der Waals surface area contributed by atoms with Crippen molar-refractivity contribution in [3.8, 4) is 17.5 Å². The van der Waals surface area contributed by atoms with E-state index in [-0.39, 0.29) is 25.1 Å². The van der Waals surface area contributed by atoms with Crippen LogP contribution in [-0.2, 0) is 11.3 Å². The van der Waals surface area contributed by atoms with Crippen LogP contribution >= 0.6 is 0 Å². The number of amides is 1. The number of anilines is 1. The van der Waals surface area contributed by atoms with E-state index in [1.165, 1.54) is 13.5 Å². The van der Waals surface area contributed by atoms with Gasteiger partial charge in [-0.2, -0.15) is 15.0 Å². The Balaban J connectivity index is 1.57. The summed E-state index contributed by atoms with van der Waals surface area (Å²) in [5.74, 6) is 1.82. The molecule has 1 aliphatic rings. The number of nitrogens with zero attached hydrogens (tertiary/aromatic N) is 4. The Bertz CT molecular complexity index is 796. The third kappa shape index (κ3) is 5.21. The SMILES string of the molecule is COc1nc(CNC(=O)COc2ccccc2OC)nc(N2CCCCC2)n1. The van der Waals surface area contributed by atoms with Gasteiger partial charge in [-0.15, -0.1) is 0 Å². The lowest BCUT2D eigenvalue weighted by molar-refractivity contribution is -0.123. The molecule has 2 aromatic rings. The lowest BCUT2D eigenvalue weighted by Gasteiger charge is -2.26. The summed E-state index contributed by atoms with van der Waals surface area (Å²) in [4.78, 5) is 27.3. The molecule has 2 heterocycles. The quantitative estimate of drug-likeness (QED) is 0.729. The van der Waals surface area contributed by atoms with Crippen LogP contribution in [0.1, 0.15) is 25.1 Å². The van der Waals surface area contributed by atoms with E-state index in [9.17, 15) is 4.79 Å². The molecule has 0 unspecified atom stereocenters. The van der Waals surface area contributed by atoms with Gasteiger partial charge in [0.1, 0.15) is 0 Å². The smallest absolute Gasteiger partial charge is 0.321 e. The van der Waals surface area contributed by atoms with Crippen molar-refractivity contribution in [3.63, 3.8) is 0 Å². The number of nitrogens with one attached hydrogen (secondary N) is 1. The lowest BCUT2D eigenvalue weighted by atomic mass is 10.1. The Kier molecular flexibility index (Phi) is 6.83. The number of aromatic nitrogens is 3. The molecule has 28 heavy (non-hydrogen) atoms. The maximum absolute atomic E-state index is 12.1. The van der Waals surface area contributed by atoms with Crippen molar-refractivity contribution in [2.24, 2.45) is 0 Å². The molecule has 1 fully saturated rings. The summed E-state index contributed by atoms with van der Waals surface area (Å²) in [5.41, 5.74) is 0. The third-order valence-corrected chi connectivity index (χ3v) is 4.34. The number of carbonyl (C=O) groups excluding carboxylic acids is 1. The van der Waals surface area contributed by atoms with Gasteiger partial charge in [0.2, 0.25) is 5.95 Å². The highest BCUT2D eigenvalue weighted by Crippen LogP contribution is 2.25. The van der Waals surface area contributed by atoms with Gasteiger partial charge >= 0.3 is 6.01 Å². The van der Waals surface area contributed by atoms with Gasteiger partial charge < -0.3 is 24.4 Å². The molecule has 1 amide bonds. The number of benzene rings is 1. The number of rotatable bonds is 8. The van der Waals surface area contributed by atoms with Crippen molar-refractivity contribution in [1.29, 1.82) is 0 Å². The molecule has 1 N–H and O–H groups in total. The zero-order chi connectivity index (χ0) is 19.8. The first-order valence-electron chi connectivity index (χ1n) is 9.26. The molecule has 3 rings (SSSR count). The molecule has 1 aliphatic heterocycles. The van der Waals surface area contributed by atoms with Gasteiger partial charge in [-0.1, -0.05) is 12.1 Å². The van der Waals surface area contributed by atoms with Crippen LogP contribution < -0.4 is 24.4 Å². The Morgan fingerprint density at radius 1 is 1.04 bits per heavy atom. The number of piperidine rings is 1. The molecule has 9 heteroatoms. The van der Waals surface area contributed by atoms with Crippen LogP contribution in [0, 0.1) is 0 Å². The molecular weight excluding hydrogens is 362 g/mol. The van der Waals surface area contributed by atoms with Gasteiger partial charge in [-0.25, -0.2) is 0 Å². The van der Waals surface area contributed by atoms with E-state index in [0.717, 1.165) is 25.9 Å². The summed E-state index contributed by atoms with van der Waals surface area (Å²) in [5, 5.41) is 2.76. The van der Waals surface area contributed by atoms with Gasteiger partial charge in [-0.3, -0.25) is 4.79 Å². The highest BCUT2D eigenvalue weighted by molar-refractivity contribution is 5.77. The van der Waals surface area contributed by atoms with E-state index in [4.69, 9.17) is 14.2 Å². The maximum atomic E-state index is 12.1. The fraction of sp³-hybridized carbons (Fsp3) is 0.474. The Labute approximate surface area is 164 Å². The monoisotopic (exact) mass is 387 g/mol. The first-order chi connectivity index (χ1) is 13.7. The van der Waals surface area contributed by atoms with Crippen molar-refractivity contribution in [2.45, 2.75) is 25.8 Å². The predicted molar refractivity (Wildman–Crippen MR) is 103 cm³/mol. The summed E-state index contributed by atoms with van der Waals surface area (Å²) >= 11 is 0. The number of para-hydroxylation sites is 2. The van der Waals surface area contributed by atoms with Gasteiger partial charge in [0, 0.05) is 13.1 Å². The van der Waals surface area contributed by atoms with E-state index >= 15 is 0 Å². The fourth-order valence-electron chi connectivity index (χ4n) is 2.90. The summed E-state index contributed by atoms with van der Waals surface area (Å²) in [6.07, 6.45) is 3.44.